The SMILES string of the molecule is CC(C)c1ccc(CSc2nnc(SCC(=O)Nc3ccnn3C(C)C)s2)cc1. The van der Waals surface area contributed by atoms with E-state index in [0.717, 1.165) is 14.4 Å². The quantitative estimate of drug-likeness (QED) is 0.439. The predicted molar refractivity (Wildman–Crippen MR) is 122 cm³/mol. The molecule has 0 spiro atoms. The molecule has 0 unspecified atom stereocenters. The second-order valence-corrected chi connectivity index (χ2v) is 10.5. The third kappa shape index (κ3) is 6.32. The Morgan fingerprint density at radius 3 is 2.41 bits per heavy atom. The molecule has 0 radical (unpaired) electrons. The number of hydrogen-bond donors (Lipinski definition) is 1. The second-order valence-electron chi connectivity index (χ2n) is 7.11. The lowest BCUT2D eigenvalue weighted by molar-refractivity contribution is -0.113. The number of rotatable bonds is 9. The van der Waals surface area contributed by atoms with Gasteiger partial charge in [0.2, 0.25) is 5.91 Å². The van der Waals surface area contributed by atoms with E-state index in [1.807, 2.05) is 13.8 Å². The molecule has 0 saturated heterocycles. The molecule has 29 heavy (non-hydrogen) atoms. The van der Waals surface area contributed by atoms with Crippen LogP contribution in [0.15, 0.2) is 45.2 Å². The van der Waals surface area contributed by atoms with E-state index >= 15 is 0 Å². The first-order valence-electron chi connectivity index (χ1n) is 9.43. The minimum atomic E-state index is -0.0768. The van der Waals surface area contributed by atoms with Crippen molar-refractivity contribution in [1.82, 2.24) is 20.0 Å². The normalized spacial score (nSPS) is 11.4. The molecule has 0 aliphatic carbocycles. The average molecular weight is 448 g/mol. The zero-order valence-electron chi connectivity index (χ0n) is 17.0. The number of amides is 1. The summed E-state index contributed by atoms with van der Waals surface area (Å²) in [6.45, 7) is 8.44. The van der Waals surface area contributed by atoms with Gasteiger partial charge in [-0.15, -0.1) is 10.2 Å². The van der Waals surface area contributed by atoms with Crippen molar-refractivity contribution < 1.29 is 4.79 Å². The molecule has 3 aromatic rings. The lowest BCUT2D eigenvalue weighted by Crippen LogP contribution is -2.18. The second kappa shape index (κ2) is 10.3. The minimum Gasteiger partial charge on any atom is -0.310 e. The van der Waals surface area contributed by atoms with E-state index in [1.54, 1.807) is 28.7 Å². The van der Waals surface area contributed by atoms with E-state index in [0.29, 0.717) is 17.5 Å². The molecule has 9 heteroatoms. The molecule has 0 fully saturated rings. The highest BCUT2D eigenvalue weighted by molar-refractivity contribution is 8.03. The summed E-state index contributed by atoms with van der Waals surface area (Å²) in [5.74, 6) is 2.33. The van der Waals surface area contributed by atoms with Crippen molar-refractivity contribution >= 4 is 46.6 Å². The van der Waals surface area contributed by atoms with Gasteiger partial charge in [0.15, 0.2) is 8.68 Å². The van der Waals surface area contributed by atoms with Crippen molar-refractivity contribution in [2.75, 3.05) is 11.1 Å². The highest BCUT2D eigenvalue weighted by Gasteiger charge is 2.12. The number of hydrogen-bond acceptors (Lipinski definition) is 7. The summed E-state index contributed by atoms with van der Waals surface area (Å²) >= 11 is 4.60. The van der Waals surface area contributed by atoms with Gasteiger partial charge in [-0.2, -0.15) is 5.10 Å². The van der Waals surface area contributed by atoms with Crippen LogP contribution in [0.1, 0.15) is 50.8 Å². The largest absolute Gasteiger partial charge is 0.310 e. The van der Waals surface area contributed by atoms with Gasteiger partial charge in [-0.1, -0.05) is 73.0 Å². The summed E-state index contributed by atoms with van der Waals surface area (Å²) in [5, 5.41) is 15.5. The van der Waals surface area contributed by atoms with Gasteiger partial charge in [-0.25, -0.2) is 4.68 Å². The fourth-order valence-corrected chi connectivity index (χ4v) is 5.36. The summed E-state index contributed by atoms with van der Waals surface area (Å²) in [7, 11) is 0. The van der Waals surface area contributed by atoms with Crippen molar-refractivity contribution in [2.24, 2.45) is 0 Å². The van der Waals surface area contributed by atoms with Crippen molar-refractivity contribution in [3.05, 3.63) is 47.7 Å². The van der Waals surface area contributed by atoms with E-state index in [2.05, 4.69) is 58.7 Å². The maximum Gasteiger partial charge on any atom is 0.235 e. The first-order valence-corrected chi connectivity index (χ1v) is 12.2. The van der Waals surface area contributed by atoms with Crippen molar-refractivity contribution in [3.63, 3.8) is 0 Å². The summed E-state index contributed by atoms with van der Waals surface area (Å²) in [6.07, 6.45) is 1.69. The van der Waals surface area contributed by atoms with Gasteiger partial charge >= 0.3 is 0 Å². The number of carbonyl (C=O) groups is 1. The Hall–Kier alpha value is -1.84. The zero-order chi connectivity index (χ0) is 20.8. The Labute approximate surface area is 183 Å². The van der Waals surface area contributed by atoms with Crippen LogP contribution in [0, 0.1) is 0 Å². The topological polar surface area (TPSA) is 72.7 Å². The smallest absolute Gasteiger partial charge is 0.235 e. The Morgan fingerprint density at radius 1 is 1.07 bits per heavy atom. The maximum atomic E-state index is 12.2. The average Bonchev–Trinajstić information content (AvgIpc) is 3.34. The Kier molecular flexibility index (Phi) is 7.74. The molecule has 1 N–H and O–H groups in total. The lowest BCUT2D eigenvalue weighted by Gasteiger charge is -2.11. The molecular formula is C20H25N5OS3. The van der Waals surface area contributed by atoms with Gasteiger partial charge in [0.25, 0.3) is 0 Å². The molecule has 1 amide bonds. The monoisotopic (exact) mass is 447 g/mol. The van der Waals surface area contributed by atoms with Gasteiger partial charge in [-0.3, -0.25) is 4.79 Å². The fourth-order valence-electron chi connectivity index (χ4n) is 2.59. The summed E-state index contributed by atoms with van der Waals surface area (Å²) in [6, 6.07) is 10.7. The van der Waals surface area contributed by atoms with Crippen LogP contribution in [-0.2, 0) is 10.5 Å². The summed E-state index contributed by atoms with van der Waals surface area (Å²) in [4.78, 5) is 12.2. The fraction of sp³-hybridized carbons (Fsp3) is 0.400. The van der Waals surface area contributed by atoms with Crippen molar-refractivity contribution in [3.8, 4) is 0 Å². The van der Waals surface area contributed by atoms with Gasteiger partial charge < -0.3 is 5.32 Å². The van der Waals surface area contributed by atoms with Crippen molar-refractivity contribution in [2.45, 2.75) is 54.1 Å². The Morgan fingerprint density at radius 2 is 1.76 bits per heavy atom. The van der Waals surface area contributed by atoms with E-state index in [9.17, 15) is 4.79 Å². The number of benzene rings is 1. The molecule has 154 valence electrons. The number of nitrogens with one attached hydrogen (secondary N) is 1. The third-order valence-electron chi connectivity index (χ3n) is 4.15. The van der Waals surface area contributed by atoms with Crippen LogP contribution in [0.4, 0.5) is 5.82 Å². The van der Waals surface area contributed by atoms with Gasteiger partial charge in [0.05, 0.1) is 11.9 Å². The van der Waals surface area contributed by atoms with Gasteiger partial charge in [-0.05, 0) is 30.9 Å². The van der Waals surface area contributed by atoms with E-state index in [-0.39, 0.29) is 11.9 Å². The number of nitrogens with zero attached hydrogens (tertiary/aromatic N) is 4. The molecule has 0 bridgehead atoms. The molecule has 2 heterocycles. The maximum absolute atomic E-state index is 12.2. The number of carbonyl (C=O) groups excluding carboxylic acids is 1. The molecule has 1 aromatic carbocycles. The zero-order valence-corrected chi connectivity index (χ0v) is 19.4. The highest BCUT2D eigenvalue weighted by atomic mass is 32.2. The predicted octanol–water partition coefficient (Wildman–Crippen LogP) is 5.46. The van der Waals surface area contributed by atoms with Crippen LogP contribution in [0.5, 0.6) is 0 Å². The highest BCUT2D eigenvalue weighted by Crippen LogP contribution is 2.31. The minimum absolute atomic E-state index is 0.0768. The van der Waals surface area contributed by atoms with Gasteiger partial charge in [0.1, 0.15) is 5.82 Å². The van der Waals surface area contributed by atoms with Crippen LogP contribution in [-0.4, -0.2) is 31.6 Å². The van der Waals surface area contributed by atoms with Crippen LogP contribution < -0.4 is 5.32 Å². The number of anilines is 1. The van der Waals surface area contributed by atoms with Crippen molar-refractivity contribution in [1.29, 1.82) is 0 Å². The van der Waals surface area contributed by atoms with Crippen LogP contribution in [0.3, 0.4) is 0 Å². The first-order chi connectivity index (χ1) is 13.9. The molecule has 0 saturated carbocycles. The number of aromatic nitrogens is 4. The first kappa shape index (κ1) is 21.9. The molecular weight excluding hydrogens is 422 g/mol. The summed E-state index contributed by atoms with van der Waals surface area (Å²) in [5.41, 5.74) is 2.62. The molecule has 0 aliphatic rings. The standard InChI is InChI=1S/C20H25N5OS3/c1-13(2)16-7-5-15(6-8-16)11-27-19-23-24-20(29-19)28-12-18(26)22-17-9-10-21-25(17)14(3)4/h5-10,13-14H,11-12H2,1-4H3,(H,22,26). The Bertz CT molecular complexity index is 934. The molecule has 2 aromatic heterocycles. The molecule has 0 aliphatic heterocycles. The third-order valence-corrected chi connectivity index (χ3v) is 7.41. The number of thioether (sulfide) groups is 2. The van der Waals surface area contributed by atoms with E-state index in [1.165, 1.54) is 34.2 Å². The van der Waals surface area contributed by atoms with E-state index < -0.39 is 0 Å². The van der Waals surface area contributed by atoms with Crippen LogP contribution >= 0.6 is 34.9 Å². The molecule has 6 nitrogen and oxygen atoms in total. The van der Waals surface area contributed by atoms with Crippen LogP contribution in [0.25, 0.3) is 0 Å². The summed E-state index contributed by atoms with van der Waals surface area (Å²) < 4.78 is 3.50. The van der Waals surface area contributed by atoms with E-state index in [4.69, 9.17) is 0 Å². The lowest BCUT2D eigenvalue weighted by atomic mass is 10.0. The van der Waals surface area contributed by atoms with Gasteiger partial charge in [0, 0.05) is 17.9 Å². The molecule has 3 rings (SSSR count). The molecule has 0 atom stereocenters. The van der Waals surface area contributed by atoms with Crippen LogP contribution in [0.2, 0.25) is 0 Å². The Balaban J connectivity index is 1.46.